The molecule has 0 heterocycles. The lowest BCUT2D eigenvalue weighted by Gasteiger charge is -2.16. The average Bonchev–Trinajstić information content (AvgIpc) is 2.46. The fourth-order valence-electron chi connectivity index (χ4n) is 1.80. The fourth-order valence-corrected chi connectivity index (χ4v) is 1.80. The third-order valence-electron chi connectivity index (χ3n) is 2.91. The van der Waals surface area contributed by atoms with Crippen molar-refractivity contribution in [2.45, 2.75) is 19.4 Å². The van der Waals surface area contributed by atoms with Crippen molar-refractivity contribution in [3.63, 3.8) is 0 Å². The standard InChI is InChI=1S/C15H23NO3/c1-5-19-10-6-9-16-12(2)13-7-8-14(17-3)15(11-13)18-4/h5,7-8,11-12,16H,1,6,9-10H2,2-4H3. The van der Waals surface area contributed by atoms with E-state index in [1.165, 1.54) is 11.8 Å². The molecule has 0 aliphatic rings. The van der Waals surface area contributed by atoms with E-state index in [0.29, 0.717) is 6.61 Å². The first-order valence-electron chi connectivity index (χ1n) is 6.40. The van der Waals surface area contributed by atoms with Crippen LogP contribution in [0.1, 0.15) is 24.9 Å². The van der Waals surface area contributed by atoms with Gasteiger partial charge < -0.3 is 19.5 Å². The minimum Gasteiger partial charge on any atom is -0.502 e. The van der Waals surface area contributed by atoms with E-state index in [1.807, 2.05) is 18.2 Å². The maximum Gasteiger partial charge on any atom is 0.161 e. The molecule has 0 aliphatic heterocycles. The Morgan fingerprint density at radius 2 is 2.00 bits per heavy atom. The van der Waals surface area contributed by atoms with E-state index < -0.39 is 0 Å². The molecule has 1 aromatic rings. The number of ether oxygens (including phenoxy) is 3. The Hall–Kier alpha value is -1.68. The minimum atomic E-state index is 0.253. The second kappa shape index (κ2) is 8.43. The SMILES string of the molecule is C=COCCCNC(C)c1ccc(OC)c(OC)c1. The molecule has 0 spiro atoms. The summed E-state index contributed by atoms with van der Waals surface area (Å²) < 4.78 is 15.6. The molecule has 19 heavy (non-hydrogen) atoms. The van der Waals surface area contributed by atoms with E-state index in [2.05, 4.69) is 18.8 Å². The highest BCUT2D eigenvalue weighted by Crippen LogP contribution is 2.29. The molecule has 0 saturated heterocycles. The van der Waals surface area contributed by atoms with Gasteiger partial charge in [-0.15, -0.1) is 0 Å². The quantitative estimate of drug-likeness (QED) is 0.550. The molecular weight excluding hydrogens is 242 g/mol. The van der Waals surface area contributed by atoms with Crippen molar-refractivity contribution in [3.05, 3.63) is 36.6 Å². The summed E-state index contributed by atoms with van der Waals surface area (Å²) in [7, 11) is 3.28. The van der Waals surface area contributed by atoms with Crippen LogP contribution in [0.25, 0.3) is 0 Å². The largest absolute Gasteiger partial charge is 0.502 e. The predicted octanol–water partition coefficient (Wildman–Crippen LogP) is 2.90. The van der Waals surface area contributed by atoms with Gasteiger partial charge in [0, 0.05) is 6.04 Å². The van der Waals surface area contributed by atoms with Gasteiger partial charge in [-0.3, -0.25) is 0 Å². The summed E-state index contributed by atoms with van der Waals surface area (Å²) in [5, 5.41) is 3.44. The summed E-state index contributed by atoms with van der Waals surface area (Å²) in [6.07, 6.45) is 2.42. The average molecular weight is 265 g/mol. The van der Waals surface area contributed by atoms with Gasteiger partial charge in [-0.05, 0) is 37.6 Å². The maximum absolute atomic E-state index is 5.30. The van der Waals surface area contributed by atoms with Gasteiger partial charge in [-0.25, -0.2) is 0 Å². The first kappa shape index (κ1) is 15.4. The molecule has 0 aromatic heterocycles. The van der Waals surface area contributed by atoms with Crippen LogP contribution >= 0.6 is 0 Å². The second-order valence-corrected chi connectivity index (χ2v) is 4.18. The molecule has 0 radical (unpaired) electrons. The molecule has 0 bridgehead atoms. The van der Waals surface area contributed by atoms with Crippen molar-refractivity contribution in [1.29, 1.82) is 0 Å². The van der Waals surface area contributed by atoms with Crippen molar-refractivity contribution < 1.29 is 14.2 Å². The van der Waals surface area contributed by atoms with Crippen LogP contribution in [0.15, 0.2) is 31.0 Å². The van der Waals surface area contributed by atoms with Gasteiger partial charge in [0.15, 0.2) is 11.5 Å². The Morgan fingerprint density at radius 1 is 1.26 bits per heavy atom. The van der Waals surface area contributed by atoms with E-state index in [0.717, 1.165) is 24.5 Å². The lowest BCUT2D eigenvalue weighted by atomic mass is 10.1. The Bertz CT molecular complexity index is 393. The number of nitrogens with one attached hydrogen (secondary N) is 1. The number of benzene rings is 1. The van der Waals surface area contributed by atoms with E-state index in [1.54, 1.807) is 14.2 Å². The minimum absolute atomic E-state index is 0.253. The molecule has 0 amide bonds. The monoisotopic (exact) mass is 265 g/mol. The fraction of sp³-hybridized carbons (Fsp3) is 0.467. The third kappa shape index (κ3) is 4.83. The molecule has 4 nitrogen and oxygen atoms in total. The van der Waals surface area contributed by atoms with Crippen LogP contribution in [0.2, 0.25) is 0 Å². The van der Waals surface area contributed by atoms with Crippen LogP contribution in [0.3, 0.4) is 0 Å². The van der Waals surface area contributed by atoms with Crippen LogP contribution in [-0.2, 0) is 4.74 Å². The van der Waals surface area contributed by atoms with Crippen molar-refractivity contribution >= 4 is 0 Å². The Morgan fingerprint density at radius 3 is 2.63 bits per heavy atom. The molecule has 1 atom stereocenters. The van der Waals surface area contributed by atoms with Gasteiger partial charge >= 0.3 is 0 Å². The van der Waals surface area contributed by atoms with Crippen LogP contribution in [0, 0.1) is 0 Å². The number of hydrogen-bond donors (Lipinski definition) is 1. The van der Waals surface area contributed by atoms with E-state index in [4.69, 9.17) is 14.2 Å². The molecule has 1 aromatic carbocycles. The number of rotatable bonds is 9. The highest BCUT2D eigenvalue weighted by molar-refractivity contribution is 5.43. The zero-order valence-corrected chi connectivity index (χ0v) is 11.9. The number of methoxy groups -OCH3 is 2. The summed E-state index contributed by atoms with van der Waals surface area (Å²) in [5.41, 5.74) is 1.17. The summed E-state index contributed by atoms with van der Waals surface area (Å²) in [6, 6.07) is 6.21. The molecule has 0 saturated carbocycles. The van der Waals surface area contributed by atoms with Gasteiger partial charge in [0.05, 0.1) is 27.1 Å². The van der Waals surface area contributed by atoms with Crippen LogP contribution < -0.4 is 14.8 Å². The molecular formula is C15H23NO3. The van der Waals surface area contributed by atoms with Gasteiger partial charge in [-0.1, -0.05) is 12.6 Å². The molecule has 0 aliphatic carbocycles. The maximum atomic E-state index is 5.30. The van der Waals surface area contributed by atoms with E-state index >= 15 is 0 Å². The van der Waals surface area contributed by atoms with E-state index in [-0.39, 0.29) is 6.04 Å². The molecule has 1 N–H and O–H groups in total. The number of hydrogen-bond acceptors (Lipinski definition) is 4. The molecule has 0 fully saturated rings. The molecule has 106 valence electrons. The molecule has 1 rings (SSSR count). The van der Waals surface area contributed by atoms with Crippen LogP contribution in [0.5, 0.6) is 11.5 Å². The first-order valence-corrected chi connectivity index (χ1v) is 6.40. The Balaban J connectivity index is 2.52. The highest BCUT2D eigenvalue weighted by Gasteiger charge is 2.09. The normalized spacial score (nSPS) is 11.7. The summed E-state index contributed by atoms with van der Waals surface area (Å²) in [4.78, 5) is 0. The summed E-state index contributed by atoms with van der Waals surface area (Å²) >= 11 is 0. The molecule has 1 unspecified atom stereocenters. The second-order valence-electron chi connectivity index (χ2n) is 4.18. The predicted molar refractivity (Wildman–Crippen MR) is 76.7 cm³/mol. The van der Waals surface area contributed by atoms with Gasteiger partial charge in [0.2, 0.25) is 0 Å². The van der Waals surface area contributed by atoms with Crippen molar-refractivity contribution in [2.24, 2.45) is 0 Å². The Kier molecular flexibility index (Phi) is 6.82. The Labute approximate surface area is 115 Å². The third-order valence-corrected chi connectivity index (χ3v) is 2.91. The van der Waals surface area contributed by atoms with Gasteiger partial charge in [0.1, 0.15) is 0 Å². The zero-order chi connectivity index (χ0) is 14.1. The van der Waals surface area contributed by atoms with Gasteiger partial charge in [-0.2, -0.15) is 0 Å². The first-order chi connectivity index (χ1) is 9.22. The smallest absolute Gasteiger partial charge is 0.161 e. The topological polar surface area (TPSA) is 39.7 Å². The lowest BCUT2D eigenvalue weighted by molar-refractivity contribution is 0.243. The highest BCUT2D eigenvalue weighted by atomic mass is 16.5. The van der Waals surface area contributed by atoms with Crippen molar-refractivity contribution in [1.82, 2.24) is 5.32 Å². The van der Waals surface area contributed by atoms with Crippen molar-refractivity contribution in [3.8, 4) is 11.5 Å². The van der Waals surface area contributed by atoms with Crippen molar-refractivity contribution in [2.75, 3.05) is 27.4 Å². The zero-order valence-electron chi connectivity index (χ0n) is 11.9. The van der Waals surface area contributed by atoms with E-state index in [9.17, 15) is 0 Å². The summed E-state index contributed by atoms with van der Waals surface area (Å²) in [5.74, 6) is 1.50. The van der Waals surface area contributed by atoms with Crippen LogP contribution in [0.4, 0.5) is 0 Å². The van der Waals surface area contributed by atoms with Gasteiger partial charge in [0.25, 0.3) is 0 Å². The molecule has 4 heteroatoms. The lowest BCUT2D eigenvalue weighted by Crippen LogP contribution is -2.20. The summed E-state index contributed by atoms with van der Waals surface area (Å²) in [6.45, 7) is 7.21. The van der Waals surface area contributed by atoms with Crippen LogP contribution in [-0.4, -0.2) is 27.4 Å².